The number of rotatable bonds is 2. The van der Waals surface area contributed by atoms with E-state index >= 15 is 0 Å². The second-order valence-electron chi connectivity index (χ2n) is 4.98. The predicted octanol–water partition coefficient (Wildman–Crippen LogP) is 1.38. The lowest BCUT2D eigenvalue weighted by molar-refractivity contribution is 0.205. The maximum atomic E-state index is 4.31. The molecule has 4 heteroatoms. The Bertz CT molecular complexity index is 365. The molecule has 1 saturated carbocycles. The van der Waals surface area contributed by atoms with Crippen molar-refractivity contribution in [3.63, 3.8) is 0 Å². The van der Waals surface area contributed by atoms with E-state index in [1.165, 1.54) is 19.4 Å². The molecule has 2 heterocycles. The van der Waals surface area contributed by atoms with Crippen molar-refractivity contribution in [2.45, 2.75) is 51.7 Å². The molecule has 0 N–H and O–H groups in total. The van der Waals surface area contributed by atoms with Gasteiger partial charge < -0.3 is 4.57 Å². The highest BCUT2D eigenvalue weighted by Crippen LogP contribution is 2.30. The summed E-state index contributed by atoms with van der Waals surface area (Å²) in [6, 6.07) is 0.845. The maximum Gasteiger partial charge on any atom is 0.147 e. The third-order valence-corrected chi connectivity index (χ3v) is 3.39. The van der Waals surface area contributed by atoms with E-state index in [-0.39, 0.29) is 0 Å². The van der Waals surface area contributed by atoms with E-state index in [9.17, 15) is 0 Å². The van der Waals surface area contributed by atoms with Gasteiger partial charge in [-0.05, 0) is 12.8 Å². The molecule has 1 aromatic rings. The van der Waals surface area contributed by atoms with Crippen molar-refractivity contribution in [3.05, 3.63) is 11.6 Å². The molecule has 1 fully saturated rings. The fourth-order valence-corrected chi connectivity index (χ4v) is 2.38. The first-order valence-corrected chi connectivity index (χ1v) is 5.91. The minimum Gasteiger partial charge on any atom is -0.312 e. The minimum atomic E-state index is 0.485. The molecule has 0 atom stereocenters. The summed E-state index contributed by atoms with van der Waals surface area (Å²) in [6.45, 7) is 7.63. The molecule has 0 amide bonds. The number of hydrogen-bond acceptors (Lipinski definition) is 3. The first-order chi connectivity index (χ1) is 7.25. The second-order valence-corrected chi connectivity index (χ2v) is 4.98. The first-order valence-electron chi connectivity index (χ1n) is 5.91. The van der Waals surface area contributed by atoms with Crippen LogP contribution in [0.15, 0.2) is 0 Å². The van der Waals surface area contributed by atoms with Gasteiger partial charge >= 0.3 is 0 Å². The molecule has 0 saturated heterocycles. The molecule has 82 valence electrons. The lowest BCUT2D eigenvalue weighted by Gasteiger charge is -2.27. The number of aromatic nitrogens is 3. The van der Waals surface area contributed by atoms with Crippen LogP contribution in [0.25, 0.3) is 0 Å². The van der Waals surface area contributed by atoms with Crippen LogP contribution < -0.4 is 0 Å². The van der Waals surface area contributed by atoms with E-state index < -0.39 is 0 Å². The van der Waals surface area contributed by atoms with Gasteiger partial charge in [-0.2, -0.15) is 0 Å². The Balaban J connectivity index is 1.84. The van der Waals surface area contributed by atoms with E-state index in [4.69, 9.17) is 0 Å². The molecule has 4 nitrogen and oxygen atoms in total. The van der Waals surface area contributed by atoms with Crippen molar-refractivity contribution >= 4 is 0 Å². The van der Waals surface area contributed by atoms with Gasteiger partial charge in [0.25, 0.3) is 0 Å². The third-order valence-electron chi connectivity index (χ3n) is 3.39. The van der Waals surface area contributed by atoms with Crippen LogP contribution >= 0.6 is 0 Å². The molecule has 1 aromatic heterocycles. The smallest absolute Gasteiger partial charge is 0.147 e. The van der Waals surface area contributed by atoms with E-state index in [0.717, 1.165) is 30.8 Å². The van der Waals surface area contributed by atoms with Crippen LogP contribution in [0.2, 0.25) is 0 Å². The maximum absolute atomic E-state index is 4.31. The summed E-state index contributed by atoms with van der Waals surface area (Å²) >= 11 is 0. The van der Waals surface area contributed by atoms with Crippen LogP contribution in [0.1, 0.15) is 44.3 Å². The Morgan fingerprint density at radius 1 is 1.20 bits per heavy atom. The Hall–Kier alpha value is -0.900. The topological polar surface area (TPSA) is 34.0 Å². The predicted molar refractivity (Wildman–Crippen MR) is 57.5 cm³/mol. The van der Waals surface area contributed by atoms with Crippen LogP contribution in [0.4, 0.5) is 0 Å². The highest BCUT2D eigenvalue weighted by atomic mass is 15.3. The van der Waals surface area contributed by atoms with Crippen molar-refractivity contribution in [1.82, 2.24) is 19.7 Å². The standard InChI is InChI=1S/C11H18N4/c1-8(2)11-13-12-10-7-14(9-3-4-9)5-6-15(10)11/h8-9H,3-7H2,1-2H3. The molecule has 0 radical (unpaired) electrons. The van der Waals surface area contributed by atoms with Gasteiger partial charge in [-0.3, -0.25) is 4.90 Å². The molecule has 0 spiro atoms. The molecular weight excluding hydrogens is 188 g/mol. The van der Waals surface area contributed by atoms with Gasteiger partial charge in [0.2, 0.25) is 0 Å². The summed E-state index contributed by atoms with van der Waals surface area (Å²) < 4.78 is 2.31. The van der Waals surface area contributed by atoms with Crippen LogP contribution in [0.3, 0.4) is 0 Å². The molecule has 1 aliphatic carbocycles. The summed E-state index contributed by atoms with van der Waals surface area (Å²) in [6.07, 6.45) is 2.76. The average molecular weight is 206 g/mol. The van der Waals surface area contributed by atoms with Crippen LogP contribution in [-0.4, -0.2) is 32.3 Å². The molecule has 3 rings (SSSR count). The number of nitrogens with zero attached hydrogens (tertiary/aromatic N) is 4. The Kier molecular flexibility index (Phi) is 2.06. The van der Waals surface area contributed by atoms with Crippen molar-refractivity contribution in [2.75, 3.05) is 6.54 Å². The van der Waals surface area contributed by atoms with Crippen LogP contribution in [0, 0.1) is 0 Å². The zero-order valence-corrected chi connectivity index (χ0v) is 9.48. The van der Waals surface area contributed by atoms with Crippen molar-refractivity contribution in [2.24, 2.45) is 0 Å². The molecule has 1 aliphatic heterocycles. The van der Waals surface area contributed by atoms with Gasteiger partial charge in [0.1, 0.15) is 11.6 Å². The zero-order chi connectivity index (χ0) is 10.4. The molecule has 0 bridgehead atoms. The molecule has 0 unspecified atom stereocenters. The van der Waals surface area contributed by atoms with E-state index in [1.54, 1.807) is 0 Å². The lowest BCUT2D eigenvalue weighted by atomic mass is 10.2. The summed E-state index contributed by atoms with van der Waals surface area (Å²) in [7, 11) is 0. The van der Waals surface area contributed by atoms with Crippen molar-refractivity contribution in [1.29, 1.82) is 0 Å². The van der Waals surface area contributed by atoms with Crippen molar-refractivity contribution in [3.8, 4) is 0 Å². The minimum absolute atomic E-state index is 0.485. The van der Waals surface area contributed by atoms with Crippen molar-refractivity contribution < 1.29 is 0 Å². The normalized spacial score (nSPS) is 22.1. The van der Waals surface area contributed by atoms with Crippen LogP contribution in [-0.2, 0) is 13.1 Å². The first kappa shape index (κ1) is 9.33. The quantitative estimate of drug-likeness (QED) is 0.733. The highest BCUT2D eigenvalue weighted by Gasteiger charge is 2.32. The SMILES string of the molecule is CC(C)c1nnc2n1CCN(C1CC1)C2. The Labute approximate surface area is 90.3 Å². The zero-order valence-electron chi connectivity index (χ0n) is 9.48. The molecular formula is C11H18N4. The number of hydrogen-bond donors (Lipinski definition) is 0. The number of fused-ring (bicyclic) bond motifs is 1. The largest absolute Gasteiger partial charge is 0.312 e. The summed E-state index contributed by atoms with van der Waals surface area (Å²) in [5.41, 5.74) is 0. The van der Waals surface area contributed by atoms with Gasteiger partial charge in [0, 0.05) is 25.0 Å². The monoisotopic (exact) mass is 206 g/mol. The molecule has 0 aromatic carbocycles. The molecule has 2 aliphatic rings. The fraction of sp³-hybridized carbons (Fsp3) is 0.818. The Morgan fingerprint density at radius 2 is 2.00 bits per heavy atom. The Morgan fingerprint density at radius 3 is 2.67 bits per heavy atom. The lowest BCUT2D eigenvalue weighted by Crippen LogP contribution is -2.35. The van der Waals surface area contributed by atoms with E-state index in [2.05, 4.69) is 33.5 Å². The van der Waals surface area contributed by atoms with E-state index in [1.807, 2.05) is 0 Å². The van der Waals surface area contributed by atoms with Gasteiger partial charge in [-0.25, -0.2) is 0 Å². The average Bonchev–Trinajstić information content (AvgIpc) is 2.97. The second kappa shape index (κ2) is 3.30. The summed E-state index contributed by atoms with van der Waals surface area (Å²) in [5.74, 6) is 2.80. The van der Waals surface area contributed by atoms with Gasteiger partial charge in [-0.1, -0.05) is 13.8 Å². The van der Waals surface area contributed by atoms with Crippen LogP contribution in [0.5, 0.6) is 0 Å². The summed E-state index contributed by atoms with van der Waals surface area (Å²) in [4.78, 5) is 2.55. The summed E-state index contributed by atoms with van der Waals surface area (Å²) in [5, 5.41) is 8.61. The van der Waals surface area contributed by atoms with Gasteiger partial charge in [-0.15, -0.1) is 10.2 Å². The van der Waals surface area contributed by atoms with E-state index in [0.29, 0.717) is 5.92 Å². The fourth-order valence-electron chi connectivity index (χ4n) is 2.38. The molecule has 15 heavy (non-hydrogen) atoms. The van der Waals surface area contributed by atoms with Gasteiger partial charge in [0.05, 0.1) is 6.54 Å². The highest BCUT2D eigenvalue weighted by molar-refractivity contribution is 5.04. The van der Waals surface area contributed by atoms with Gasteiger partial charge in [0.15, 0.2) is 0 Å². The third kappa shape index (κ3) is 1.57.